The van der Waals surface area contributed by atoms with E-state index in [9.17, 15) is 13.2 Å². The Morgan fingerprint density at radius 1 is 1.22 bits per heavy atom. The molecule has 0 aliphatic carbocycles. The first-order valence-corrected chi connectivity index (χ1v) is 7.92. The van der Waals surface area contributed by atoms with Crippen molar-refractivity contribution in [2.45, 2.75) is 6.42 Å². The predicted octanol–water partition coefficient (Wildman–Crippen LogP) is 1.78. The summed E-state index contributed by atoms with van der Waals surface area (Å²) in [4.78, 5) is 12.9. The van der Waals surface area contributed by atoms with Gasteiger partial charge in [-0.05, 0) is 24.6 Å². The maximum atomic E-state index is 11.5. The summed E-state index contributed by atoms with van der Waals surface area (Å²) in [5, 5.41) is 0.544. The first kappa shape index (κ1) is 13.4. The van der Waals surface area contributed by atoms with Crippen molar-refractivity contribution in [1.82, 2.24) is 0 Å². The van der Waals surface area contributed by atoms with E-state index in [1.165, 1.54) is 0 Å². The molecule has 2 rings (SSSR count). The Bertz CT molecular complexity index is 556. The number of hydrogen-bond donors (Lipinski definition) is 0. The maximum Gasteiger partial charge on any atom is 0.152 e. The number of halogens is 1. The third-order valence-corrected chi connectivity index (χ3v) is 4.97. The van der Waals surface area contributed by atoms with Crippen LogP contribution in [0.1, 0.15) is 16.8 Å². The van der Waals surface area contributed by atoms with E-state index < -0.39 is 9.84 Å². The Kier molecular flexibility index (Phi) is 3.92. The fourth-order valence-corrected chi connectivity index (χ4v) is 3.51. The number of anilines is 1. The lowest BCUT2D eigenvalue weighted by atomic mass is 10.1. The Morgan fingerprint density at radius 3 is 2.72 bits per heavy atom. The van der Waals surface area contributed by atoms with Crippen LogP contribution in [0, 0.1) is 0 Å². The zero-order valence-electron chi connectivity index (χ0n) is 9.80. The van der Waals surface area contributed by atoms with Gasteiger partial charge in [-0.3, -0.25) is 4.79 Å². The van der Waals surface area contributed by atoms with E-state index in [2.05, 4.69) is 0 Å². The molecule has 1 fully saturated rings. The molecule has 1 saturated heterocycles. The minimum Gasteiger partial charge on any atom is -0.370 e. The number of sulfone groups is 1. The SMILES string of the molecule is O=Cc1ccc(Cl)cc1N1CCCS(=O)(=O)CC1. The molecule has 0 radical (unpaired) electrons. The van der Waals surface area contributed by atoms with E-state index >= 15 is 0 Å². The molecule has 1 aliphatic heterocycles. The highest BCUT2D eigenvalue weighted by Gasteiger charge is 2.20. The van der Waals surface area contributed by atoms with Crippen LogP contribution in [0.15, 0.2) is 18.2 Å². The third-order valence-electron chi connectivity index (χ3n) is 3.02. The summed E-state index contributed by atoms with van der Waals surface area (Å²) < 4.78 is 23.1. The molecule has 0 bridgehead atoms. The van der Waals surface area contributed by atoms with Crippen molar-refractivity contribution in [3.05, 3.63) is 28.8 Å². The van der Waals surface area contributed by atoms with E-state index in [1.807, 2.05) is 4.90 Å². The summed E-state index contributed by atoms with van der Waals surface area (Å²) in [6.45, 7) is 1.03. The van der Waals surface area contributed by atoms with Crippen LogP contribution in [-0.4, -0.2) is 39.3 Å². The van der Waals surface area contributed by atoms with Gasteiger partial charge in [0.05, 0.1) is 11.5 Å². The lowest BCUT2D eigenvalue weighted by molar-refractivity contribution is 0.112. The summed E-state index contributed by atoms with van der Waals surface area (Å²) in [5.41, 5.74) is 1.26. The fraction of sp³-hybridized carbons (Fsp3) is 0.417. The normalized spacial score (nSPS) is 19.3. The largest absolute Gasteiger partial charge is 0.370 e. The third kappa shape index (κ3) is 3.03. The molecule has 0 unspecified atom stereocenters. The molecular weight excluding hydrogens is 274 g/mol. The van der Waals surface area contributed by atoms with Gasteiger partial charge in [-0.2, -0.15) is 0 Å². The summed E-state index contributed by atoms with van der Waals surface area (Å²) in [6.07, 6.45) is 1.35. The molecule has 1 aliphatic rings. The molecule has 0 amide bonds. The van der Waals surface area contributed by atoms with E-state index in [1.54, 1.807) is 18.2 Å². The van der Waals surface area contributed by atoms with Crippen molar-refractivity contribution in [1.29, 1.82) is 0 Å². The number of benzene rings is 1. The van der Waals surface area contributed by atoms with Gasteiger partial charge in [-0.15, -0.1) is 0 Å². The number of carbonyl (C=O) groups is 1. The first-order valence-electron chi connectivity index (χ1n) is 5.72. The Balaban J connectivity index is 2.31. The van der Waals surface area contributed by atoms with Crippen LogP contribution in [0.4, 0.5) is 5.69 Å². The Hall–Kier alpha value is -1.07. The second-order valence-corrected chi connectivity index (χ2v) is 7.05. The zero-order valence-corrected chi connectivity index (χ0v) is 11.4. The van der Waals surface area contributed by atoms with Gasteiger partial charge in [0.1, 0.15) is 0 Å². The van der Waals surface area contributed by atoms with Gasteiger partial charge < -0.3 is 4.90 Å². The number of rotatable bonds is 2. The van der Waals surface area contributed by atoms with Crippen LogP contribution >= 0.6 is 11.6 Å². The minimum absolute atomic E-state index is 0.123. The lowest BCUT2D eigenvalue weighted by Gasteiger charge is -2.23. The molecule has 1 heterocycles. The van der Waals surface area contributed by atoms with Crippen LogP contribution < -0.4 is 4.90 Å². The van der Waals surface area contributed by atoms with Gasteiger partial charge in [-0.25, -0.2) is 8.42 Å². The quantitative estimate of drug-likeness (QED) is 0.778. The molecular formula is C12H14ClNO3S. The molecule has 0 N–H and O–H groups in total. The molecule has 0 aromatic heterocycles. The molecule has 0 spiro atoms. The summed E-state index contributed by atoms with van der Waals surface area (Å²) in [5.74, 6) is 0.332. The van der Waals surface area contributed by atoms with E-state index in [0.29, 0.717) is 30.1 Å². The molecule has 4 nitrogen and oxygen atoms in total. The standard InChI is InChI=1S/C12H14ClNO3S/c13-11-3-2-10(9-15)12(8-11)14-4-1-6-18(16,17)7-5-14/h2-3,8-9H,1,4-7H2. The number of carbonyl (C=O) groups excluding carboxylic acids is 1. The smallest absolute Gasteiger partial charge is 0.152 e. The topological polar surface area (TPSA) is 54.5 Å². The molecule has 18 heavy (non-hydrogen) atoms. The average Bonchev–Trinajstić information content (AvgIpc) is 2.50. The van der Waals surface area contributed by atoms with Crippen molar-refractivity contribution >= 4 is 33.4 Å². The second-order valence-electron chi connectivity index (χ2n) is 4.31. The lowest BCUT2D eigenvalue weighted by Crippen LogP contribution is -2.27. The Labute approximate surface area is 111 Å². The molecule has 98 valence electrons. The van der Waals surface area contributed by atoms with Gasteiger partial charge >= 0.3 is 0 Å². The molecule has 0 saturated carbocycles. The van der Waals surface area contributed by atoms with Gasteiger partial charge in [0.15, 0.2) is 16.1 Å². The van der Waals surface area contributed by atoms with Crippen molar-refractivity contribution < 1.29 is 13.2 Å². The molecule has 6 heteroatoms. The molecule has 0 atom stereocenters. The fourth-order valence-electron chi connectivity index (χ4n) is 2.07. The Morgan fingerprint density at radius 2 is 2.00 bits per heavy atom. The summed E-state index contributed by atoms with van der Waals surface area (Å²) >= 11 is 5.93. The highest BCUT2D eigenvalue weighted by Crippen LogP contribution is 2.25. The van der Waals surface area contributed by atoms with E-state index in [0.717, 1.165) is 12.0 Å². The summed E-state index contributed by atoms with van der Waals surface area (Å²) in [6, 6.07) is 5.02. The van der Waals surface area contributed by atoms with Gasteiger partial charge in [-0.1, -0.05) is 11.6 Å². The van der Waals surface area contributed by atoms with Crippen LogP contribution in [0.5, 0.6) is 0 Å². The monoisotopic (exact) mass is 287 g/mol. The van der Waals surface area contributed by atoms with Gasteiger partial charge in [0, 0.05) is 29.4 Å². The van der Waals surface area contributed by atoms with Crippen molar-refractivity contribution in [3.8, 4) is 0 Å². The minimum atomic E-state index is -2.95. The first-order chi connectivity index (χ1) is 8.52. The van der Waals surface area contributed by atoms with Crippen molar-refractivity contribution in [3.63, 3.8) is 0 Å². The second kappa shape index (κ2) is 5.28. The maximum absolute atomic E-state index is 11.5. The van der Waals surface area contributed by atoms with Gasteiger partial charge in [0.25, 0.3) is 0 Å². The average molecular weight is 288 g/mol. The van der Waals surface area contributed by atoms with Crippen molar-refractivity contribution in [2.24, 2.45) is 0 Å². The van der Waals surface area contributed by atoms with Crippen LogP contribution in [0.25, 0.3) is 0 Å². The number of nitrogens with zero attached hydrogens (tertiary/aromatic N) is 1. The molecule has 1 aromatic rings. The highest BCUT2D eigenvalue weighted by molar-refractivity contribution is 7.91. The zero-order chi connectivity index (χ0) is 13.2. The molecule has 1 aromatic carbocycles. The van der Waals surface area contributed by atoms with Crippen LogP contribution in [-0.2, 0) is 9.84 Å². The van der Waals surface area contributed by atoms with E-state index in [4.69, 9.17) is 11.6 Å². The number of aldehydes is 1. The van der Waals surface area contributed by atoms with E-state index in [-0.39, 0.29) is 11.5 Å². The summed E-state index contributed by atoms with van der Waals surface area (Å²) in [7, 11) is -2.95. The number of hydrogen-bond acceptors (Lipinski definition) is 4. The van der Waals surface area contributed by atoms with Crippen molar-refractivity contribution in [2.75, 3.05) is 29.5 Å². The highest BCUT2D eigenvalue weighted by atomic mass is 35.5. The van der Waals surface area contributed by atoms with Crippen LogP contribution in [0.2, 0.25) is 5.02 Å². The van der Waals surface area contributed by atoms with Gasteiger partial charge in [0.2, 0.25) is 0 Å². The van der Waals surface area contributed by atoms with Crippen LogP contribution in [0.3, 0.4) is 0 Å². The predicted molar refractivity (Wildman–Crippen MR) is 72.3 cm³/mol.